The number of carbonyl (C=O) groups is 1. The van der Waals surface area contributed by atoms with Crippen LogP contribution in [-0.4, -0.2) is 35.6 Å². The molecule has 0 saturated heterocycles. The number of hydrogen-bond donors (Lipinski definition) is 0. The number of halogens is 2. The van der Waals surface area contributed by atoms with E-state index in [2.05, 4.69) is 0 Å². The van der Waals surface area contributed by atoms with Crippen LogP contribution >= 0.6 is 34.5 Å². The number of likely N-dealkylation sites (N-methyl/N-ethyl adjacent to an activating group) is 1. The van der Waals surface area contributed by atoms with Crippen LogP contribution in [0.25, 0.3) is 6.08 Å². The number of benzene rings is 3. The molecule has 0 aliphatic carbocycles. The smallest absolute Gasteiger partial charge is 0.271 e. The fourth-order valence-electron chi connectivity index (χ4n) is 5.10. The number of ether oxygens (including phenoxy) is 2. The molecule has 0 radical (unpaired) electrons. The van der Waals surface area contributed by atoms with Gasteiger partial charge >= 0.3 is 0 Å². The number of hydrogen-bond acceptors (Lipinski definition) is 6. The van der Waals surface area contributed by atoms with Gasteiger partial charge in [0, 0.05) is 18.7 Å². The van der Waals surface area contributed by atoms with E-state index in [1.54, 1.807) is 28.7 Å². The van der Waals surface area contributed by atoms with Gasteiger partial charge in [0.2, 0.25) is 0 Å². The number of nitrogens with zero attached hydrogens (tertiary/aromatic N) is 3. The van der Waals surface area contributed by atoms with Gasteiger partial charge < -0.3 is 14.4 Å². The summed E-state index contributed by atoms with van der Waals surface area (Å²) in [6.45, 7) is 7.09. The molecule has 0 N–H and O–H groups in total. The number of aromatic nitrogens is 1. The van der Waals surface area contributed by atoms with Crippen LogP contribution in [0.3, 0.4) is 0 Å². The van der Waals surface area contributed by atoms with Crippen LogP contribution < -0.4 is 24.4 Å². The molecule has 43 heavy (non-hydrogen) atoms. The standard InChI is InChI=1S/C33H31Cl2N3O4S/c1-5-37(6-2)32(40)29-20(3)36-33-38(30(29)24-12-7-8-13-27(24)41-4)31(39)28(43-33)18-21-10-9-11-23(16-21)42-19-22-14-15-25(34)26(35)17-22/h7-18,30H,5-6,19H2,1-4H3/b28-18+/t30-/m1/s1. The summed E-state index contributed by atoms with van der Waals surface area (Å²) in [6, 6.07) is 19.7. The molecule has 5 rings (SSSR count). The lowest BCUT2D eigenvalue weighted by molar-refractivity contribution is -0.127. The molecule has 10 heteroatoms. The number of rotatable bonds is 9. The number of para-hydroxylation sites is 1. The van der Waals surface area contributed by atoms with Gasteiger partial charge in [0.05, 0.1) is 33.0 Å². The first-order valence-corrected chi connectivity index (χ1v) is 15.4. The molecule has 1 aromatic heterocycles. The van der Waals surface area contributed by atoms with E-state index >= 15 is 0 Å². The zero-order chi connectivity index (χ0) is 30.7. The van der Waals surface area contributed by atoms with E-state index in [-0.39, 0.29) is 11.5 Å². The number of thiazole rings is 1. The van der Waals surface area contributed by atoms with Crippen LogP contribution in [0.2, 0.25) is 10.0 Å². The van der Waals surface area contributed by atoms with Gasteiger partial charge in [-0.1, -0.05) is 70.9 Å². The third-order valence-electron chi connectivity index (χ3n) is 7.28. The van der Waals surface area contributed by atoms with Crippen molar-refractivity contribution in [2.45, 2.75) is 33.4 Å². The van der Waals surface area contributed by atoms with Crippen molar-refractivity contribution in [1.82, 2.24) is 9.47 Å². The quantitative estimate of drug-likeness (QED) is 0.226. The van der Waals surface area contributed by atoms with E-state index in [0.717, 1.165) is 16.7 Å². The van der Waals surface area contributed by atoms with Gasteiger partial charge in [0.1, 0.15) is 24.1 Å². The molecule has 2 heterocycles. The summed E-state index contributed by atoms with van der Waals surface area (Å²) in [4.78, 5) is 34.9. The number of methoxy groups -OCH3 is 1. The van der Waals surface area contributed by atoms with Crippen molar-refractivity contribution in [2.24, 2.45) is 4.99 Å². The van der Waals surface area contributed by atoms with Crippen molar-refractivity contribution in [3.63, 3.8) is 0 Å². The van der Waals surface area contributed by atoms with E-state index < -0.39 is 6.04 Å². The molecular formula is C33H31Cl2N3O4S. The molecular weight excluding hydrogens is 605 g/mol. The SMILES string of the molecule is CCN(CC)C(=O)C1=C(C)N=c2s/c(=C/c3cccc(OCc4ccc(Cl)c(Cl)c4)c3)c(=O)n2[C@@H]1c1ccccc1OC. The first-order chi connectivity index (χ1) is 20.7. The average Bonchev–Trinajstić information content (AvgIpc) is 3.31. The number of amides is 1. The minimum Gasteiger partial charge on any atom is -0.496 e. The Balaban J connectivity index is 1.57. The minimum atomic E-state index is -0.691. The number of allylic oxidation sites excluding steroid dienone is 1. The second-order valence-electron chi connectivity index (χ2n) is 9.91. The van der Waals surface area contributed by atoms with Gasteiger partial charge in [0.15, 0.2) is 4.80 Å². The minimum absolute atomic E-state index is 0.150. The zero-order valence-corrected chi connectivity index (χ0v) is 26.6. The number of carbonyl (C=O) groups excluding carboxylic acids is 1. The average molecular weight is 637 g/mol. The normalized spacial score (nSPS) is 14.7. The Bertz CT molecular complexity index is 1890. The Labute approximate surface area is 263 Å². The lowest BCUT2D eigenvalue weighted by Gasteiger charge is -2.29. The topological polar surface area (TPSA) is 73.1 Å². The Morgan fingerprint density at radius 3 is 2.53 bits per heavy atom. The molecule has 1 aliphatic heterocycles. The maximum Gasteiger partial charge on any atom is 0.271 e. The summed E-state index contributed by atoms with van der Waals surface area (Å²) in [7, 11) is 1.58. The largest absolute Gasteiger partial charge is 0.496 e. The highest BCUT2D eigenvalue weighted by Gasteiger charge is 2.35. The third kappa shape index (κ3) is 6.27. The van der Waals surface area contributed by atoms with Gasteiger partial charge in [-0.05, 0) is 68.3 Å². The summed E-state index contributed by atoms with van der Waals surface area (Å²) >= 11 is 13.5. The second-order valence-corrected chi connectivity index (χ2v) is 11.7. The molecule has 1 aliphatic rings. The summed E-state index contributed by atoms with van der Waals surface area (Å²) in [5.41, 5.74) is 3.21. The molecule has 222 valence electrons. The third-order valence-corrected chi connectivity index (χ3v) is 9.00. The molecule has 0 saturated carbocycles. The maximum absolute atomic E-state index is 14.1. The second kappa shape index (κ2) is 13.2. The molecule has 0 spiro atoms. The molecule has 1 amide bonds. The van der Waals surface area contributed by atoms with Crippen molar-refractivity contribution in [2.75, 3.05) is 20.2 Å². The Hall–Kier alpha value is -3.85. The molecule has 7 nitrogen and oxygen atoms in total. The van der Waals surface area contributed by atoms with Crippen LogP contribution in [0.4, 0.5) is 0 Å². The predicted octanol–water partition coefficient (Wildman–Crippen LogP) is 6.00. The van der Waals surface area contributed by atoms with E-state index in [9.17, 15) is 9.59 Å². The molecule has 0 bridgehead atoms. The highest BCUT2D eigenvalue weighted by molar-refractivity contribution is 7.07. The van der Waals surface area contributed by atoms with Crippen molar-refractivity contribution < 1.29 is 14.3 Å². The van der Waals surface area contributed by atoms with Gasteiger partial charge in [-0.15, -0.1) is 0 Å². The van der Waals surface area contributed by atoms with Gasteiger partial charge in [0.25, 0.3) is 11.5 Å². The molecule has 0 unspecified atom stereocenters. The van der Waals surface area contributed by atoms with Gasteiger partial charge in [-0.2, -0.15) is 0 Å². The van der Waals surface area contributed by atoms with Crippen molar-refractivity contribution >= 4 is 46.5 Å². The lowest BCUT2D eigenvalue weighted by atomic mass is 9.94. The molecule has 1 atom stereocenters. The van der Waals surface area contributed by atoms with E-state index in [0.29, 0.717) is 61.8 Å². The Morgan fingerprint density at radius 2 is 1.81 bits per heavy atom. The monoisotopic (exact) mass is 635 g/mol. The fourth-order valence-corrected chi connectivity index (χ4v) is 6.47. The summed E-state index contributed by atoms with van der Waals surface area (Å²) < 4.78 is 13.8. The summed E-state index contributed by atoms with van der Waals surface area (Å²) in [5.74, 6) is 1.08. The first-order valence-electron chi connectivity index (χ1n) is 13.9. The van der Waals surface area contributed by atoms with Crippen LogP contribution in [0.15, 0.2) is 87.8 Å². The van der Waals surface area contributed by atoms with E-state index in [4.69, 9.17) is 37.7 Å². The zero-order valence-electron chi connectivity index (χ0n) is 24.3. The summed E-state index contributed by atoms with van der Waals surface area (Å²) in [6.07, 6.45) is 1.82. The van der Waals surface area contributed by atoms with E-state index in [1.807, 2.05) is 81.4 Å². The predicted molar refractivity (Wildman–Crippen MR) is 172 cm³/mol. The van der Waals surface area contributed by atoms with Crippen LogP contribution in [0.5, 0.6) is 11.5 Å². The Morgan fingerprint density at radius 1 is 1.05 bits per heavy atom. The van der Waals surface area contributed by atoms with E-state index in [1.165, 1.54) is 11.3 Å². The highest BCUT2D eigenvalue weighted by Crippen LogP contribution is 2.36. The van der Waals surface area contributed by atoms with Crippen molar-refractivity contribution in [3.8, 4) is 11.5 Å². The molecule has 4 aromatic rings. The van der Waals surface area contributed by atoms with Crippen molar-refractivity contribution in [1.29, 1.82) is 0 Å². The highest BCUT2D eigenvalue weighted by atomic mass is 35.5. The molecule has 0 fully saturated rings. The van der Waals surface area contributed by atoms with Crippen LogP contribution in [-0.2, 0) is 11.4 Å². The lowest BCUT2D eigenvalue weighted by Crippen LogP contribution is -2.43. The Kier molecular flexibility index (Phi) is 9.40. The van der Waals surface area contributed by atoms with Crippen molar-refractivity contribution in [3.05, 3.63) is 124 Å². The van der Waals surface area contributed by atoms with Gasteiger partial charge in [-0.25, -0.2) is 4.99 Å². The number of fused-ring (bicyclic) bond motifs is 1. The maximum atomic E-state index is 14.1. The van der Waals surface area contributed by atoms with Crippen LogP contribution in [0, 0.1) is 0 Å². The van der Waals surface area contributed by atoms with Crippen LogP contribution in [0.1, 0.15) is 43.5 Å². The van der Waals surface area contributed by atoms with Gasteiger partial charge in [-0.3, -0.25) is 14.2 Å². The fraction of sp³-hybridized carbons (Fsp3) is 0.242. The first kappa shape index (κ1) is 30.6. The summed E-state index contributed by atoms with van der Waals surface area (Å²) in [5, 5.41) is 0.956. The molecule has 3 aromatic carbocycles.